The predicted molar refractivity (Wildman–Crippen MR) is 99.9 cm³/mol. The highest BCUT2D eigenvalue weighted by Crippen LogP contribution is 2.23. The normalized spacial score (nSPS) is 18.8. The van der Waals surface area contributed by atoms with Crippen molar-refractivity contribution in [1.29, 1.82) is 0 Å². The van der Waals surface area contributed by atoms with E-state index in [0.717, 1.165) is 25.1 Å². The van der Waals surface area contributed by atoms with Crippen LogP contribution in [0, 0.1) is 0 Å². The van der Waals surface area contributed by atoms with Crippen LogP contribution in [0.5, 0.6) is 0 Å². The summed E-state index contributed by atoms with van der Waals surface area (Å²) in [5, 5.41) is 15.1. The van der Waals surface area contributed by atoms with E-state index >= 15 is 0 Å². The van der Waals surface area contributed by atoms with Crippen molar-refractivity contribution in [3.63, 3.8) is 0 Å². The van der Waals surface area contributed by atoms with Gasteiger partial charge in [-0.3, -0.25) is 9.69 Å². The fourth-order valence-corrected chi connectivity index (χ4v) is 3.71. The Morgan fingerprint density at radius 3 is 2.88 bits per heavy atom. The van der Waals surface area contributed by atoms with E-state index in [1.165, 1.54) is 6.42 Å². The second kappa shape index (κ2) is 9.09. The first kappa shape index (κ1) is 18.8. The molecule has 1 aromatic heterocycles. The minimum Gasteiger partial charge on any atom is -0.355 e. The zero-order chi connectivity index (χ0) is 18.4. The standard InChI is InChI=1S/C18H25ClN6O/c1-2-24-9-3-4-17(24)11-20-18(26)10-15(12-25-13-21-22-23-25)14-5-7-16(19)8-6-14/h5-8,13,15,17H,2-4,9-12H2,1H3,(H,20,26)/t15-,17+/m0/s1. The van der Waals surface area contributed by atoms with Gasteiger partial charge in [-0.15, -0.1) is 5.10 Å². The first-order valence-electron chi connectivity index (χ1n) is 9.12. The summed E-state index contributed by atoms with van der Waals surface area (Å²) in [5.41, 5.74) is 1.05. The van der Waals surface area contributed by atoms with Crippen LogP contribution in [0.2, 0.25) is 5.02 Å². The summed E-state index contributed by atoms with van der Waals surface area (Å²) >= 11 is 5.99. The third-order valence-corrected chi connectivity index (χ3v) is 5.26. The minimum absolute atomic E-state index is 0.0124. The molecule has 2 atom stereocenters. The Hall–Kier alpha value is -1.99. The fraction of sp³-hybridized carbons (Fsp3) is 0.556. The Bertz CT molecular complexity index is 690. The number of aromatic nitrogens is 4. The van der Waals surface area contributed by atoms with Gasteiger partial charge < -0.3 is 5.32 Å². The minimum atomic E-state index is -0.0124. The number of carbonyl (C=O) groups excluding carboxylic acids is 1. The van der Waals surface area contributed by atoms with E-state index in [4.69, 9.17) is 11.6 Å². The maximum Gasteiger partial charge on any atom is 0.220 e. The van der Waals surface area contributed by atoms with Gasteiger partial charge in [-0.1, -0.05) is 30.7 Å². The van der Waals surface area contributed by atoms with Crippen LogP contribution >= 0.6 is 11.6 Å². The molecule has 1 aliphatic rings. The predicted octanol–water partition coefficient (Wildman–Crippen LogP) is 2.10. The molecule has 1 fully saturated rings. The van der Waals surface area contributed by atoms with Gasteiger partial charge in [0.05, 0.1) is 6.54 Å². The largest absolute Gasteiger partial charge is 0.355 e. The number of benzene rings is 1. The molecule has 7 nitrogen and oxygen atoms in total. The lowest BCUT2D eigenvalue weighted by molar-refractivity contribution is -0.121. The average Bonchev–Trinajstić information content (AvgIpc) is 3.31. The molecule has 0 aliphatic carbocycles. The molecular formula is C18H25ClN6O. The Morgan fingerprint density at radius 2 is 2.19 bits per heavy atom. The van der Waals surface area contributed by atoms with Crippen LogP contribution in [0.1, 0.15) is 37.7 Å². The van der Waals surface area contributed by atoms with Crippen LogP contribution in [0.3, 0.4) is 0 Å². The van der Waals surface area contributed by atoms with Crippen molar-refractivity contribution in [3.05, 3.63) is 41.2 Å². The molecule has 0 bridgehead atoms. The van der Waals surface area contributed by atoms with Crippen LogP contribution in [-0.2, 0) is 11.3 Å². The Kier molecular flexibility index (Phi) is 6.57. The molecule has 1 aliphatic heterocycles. The Balaban J connectivity index is 1.61. The fourth-order valence-electron chi connectivity index (χ4n) is 3.58. The molecule has 0 radical (unpaired) electrons. The molecule has 1 aromatic carbocycles. The lowest BCUT2D eigenvalue weighted by atomic mass is 9.95. The molecule has 26 heavy (non-hydrogen) atoms. The summed E-state index contributed by atoms with van der Waals surface area (Å²) in [6.45, 7) is 5.59. The third-order valence-electron chi connectivity index (χ3n) is 5.01. The molecule has 1 saturated heterocycles. The van der Waals surface area contributed by atoms with Gasteiger partial charge in [0.1, 0.15) is 6.33 Å². The number of amides is 1. The van der Waals surface area contributed by atoms with Gasteiger partial charge in [-0.25, -0.2) is 4.68 Å². The van der Waals surface area contributed by atoms with E-state index in [0.29, 0.717) is 30.6 Å². The lowest BCUT2D eigenvalue weighted by Crippen LogP contribution is -2.40. The van der Waals surface area contributed by atoms with E-state index in [-0.39, 0.29) is 11.8 Å². The highest BCUT2D eigenvalue weighted by Gasteiger charge is 2.24. The van der Waals surface area contributed by atoms with E-state index in [9.17, 15) is 4.79 Å². The number of nitrogens with one attached hydrogen (secondary N) is 1. The van der Waals surface area contributed by atoms with Crippen LogP contribution in [-0.4, -0.2) is 56.7 Å². The molecular weight excluding hydrogens is 352 g/mol. The summed E-state index contributed by atoms with van der Waals surface area (Å²) in [5.74, 6) is 0.0441. The van der Waals surface area contributed by atoms with Gasteiger partial charge in [0, 0.05) is 29.9 Å². The summed E-state index contributed by atoms with van der Waals surface area (Å²) in [6.07, 6.45) is 4.32. The molecule has 0 unspecified atom stereocenters. The first-order valence-corrected chi connectivity index (χ1v) is 9.50. The second-order valence-electron chi connectivity index (χ2n) is 6.71. The second-order valence-corrected chi connectivity index (χ2v) is 7.15. The van der Waals surface area contributed by atoms with Gasteiger partial charge in [0.2, 0.25) is 5.91 Å². The smallest absolute Gasteiger partial charge is 0.220 e. The first-order chi connectivity index (χ1) is 12.7. The number of likely N-dealkylation sites (tertiary alicyclic amines) is 1. The number of nitrogens with zero attached hydrogens (tertiary/aromatic N) is 5. The van der Waals surface area contributed by atoms with Crippen molar-refractivity contribution in [2.75, 3.05) is 19.6 Å². The maximum atomic E-state index is 12.6. The van der Waals surface area contributed by atoms with Crippen molar-refractivity contribution in [1.82, 2.24) is 30.4 Å². The van der Waals surface area contributed by atoms with E-state index in [1.54, 1.807) is 11.0 Å². The third kappa shape index (κ3) is 5.02. The van der Waals surface area contributed by atoms with Crippen molar-refractivity contribution >= 4 is 17.5 Å². The van der Waals surface area contributed by atoms with Crippen LogP contribution in [0.4, 0.5) is 0 Å². The van der Waals surface area contributed by atoms with E-state index < -0.39 is 0 Å². The molecule has 1 amide bonds. The average molecular weight is 377 g/mol. The van der Waals surface area contributed by atoms with Gasteiger partial charge in [-0.2, -0.15) is 0 Å². The number of tetrazole rings is 1. The van der Waals surface area contributed by atoms with Crippen molar-refractivity contribution in [2.24, 2.45) is 0 Å². The topological polar surface area (TPSA) is 75.9 Å². The molecule has 0 spiro atoms. The van der Waals surface area contributed by atoms with Crippen LogP contribution in [0.25, 0.3) is 0 Å². The molecule has 0 saturated carbocycles. The van der Waals surface area contributed by atoms with Crippen molar-refractivity contribution in [2.45, 2.75) is 44.7 Å². The van der Waals surface area contributed by atoms with Crippen molar-refractivity contribution in [3.8, 4) is 0 Å². The number of rotatable bonds is 8. The summed E-state index contributed by atoms with van der Waals surface area (Å²) < 4.78 is 1.66. The maximum absolute atomic E-state index is 12.6. The Morgan fingerprint density at radius 1 is 1.38 bits per heavy atom. The highest BCUT2D eigenvalue weighted by atomic mass is 35.5. The monoisotopic (exact) mass is 376 g/mol. The van der Waals surface area contributed by atoms with Crippen LogP contribution < -0.4 is 5.32 Å². The summed E-state index contributed by atoms with van der Waals surface area (Å²) in [4.78, 5) is 15.0. The quantitative estimate of drug-likeness (QED) is 0.763. The number of hydrogen-bond donors (Lipinski definition) is 1. The van der Waals surface area contributed by atoms with E-state index in [2.05, 4.69) is 32.7 Å². The van der Waals surface area contributed by atoms with Gasteiger partial charge in [0.25, 0.3) is 0 Å². The number of halogens is 1. The zero-order valence-electron chi connectivity index (χ0n) is 15.0. The molecule has 8 heteroatoms. The van der Waals surface area contributed by atoms with Gasteiger partial charge in [-0.05, 0) is 54.1 Å². The molecule has 3 rings (SSSR count). The molecule has 1 N–H and O–H groups in total. The molecule has 2 aromatic rings. The van der Waals surface area contributed by atoms with Gasteiger partial charge in [0.15, 0.2) is 0 Å². The lowest BCUT2D eigenvalue weighted by Gasteiger charge is -2.23. The zero-order valence-corrected chi connectivity index (χ0v) is 15.8. The SMILES string of the molecule is CCN1CCC[C@@H]1CNC(=O)C[C@@H](Cn1cnnn1)c1ccc(Cl)cc1. The number of carbonyl (C=O) groups is 1. The Labute approximate surface area is 158 Å². The van der Waals surface area contributed by atoms with Gasteiger partial charge >= 0.3 is 0 Å². The number of hydrogen-bond acceptors (Lipinski definition) is 5. The highest BCUT2D eigenvalue weighted by molar-refractivity contribution is 6.30. The molecule has 140 valence electrons. The summed E-state index contributed by atoms with van der Waals surface area (Å²) in [7, 11) is 0. The summed E-state index contributed by atoms with van der Waals surface area (Å²) in [6, 6.07) is 8.07. The molecule has 2 heterocycles. The van der Waals surface area contributed by atoms with Crippen LogP contribution in [0.15, 0.2) is 30.6 Å². The van der Waals surface area contributed by atoms with Crippen molar-refractivity contribution < 1.29 is 4.79 Å². The van der Waals surface area contributed by atoms with E-state index in [1.807, 2.05) is 24.3 Å². The number of likely N-dealkylation sites (N-methyl/N-ethyl adjacent to an activating group) is 1.